The number of benzene rings is 1. The Bertz CT molecular complexity index is 663. The zero-order valence-electron chi connectivity index (χ0n) is 18.3. The van der Waals surface area contributed by atoms with E-state index in [9.17, 15) is 9.18 Å². The van der Waals surface area contributed by atoms with E-state index in [1.807, 2.05) is 52.8 Å². The molecule has 0 saturated heterocycles. The molecule has 7 nitrogen and oxygen atoms in total. The van der Waals surface area contributed by atoms with Gasteiger partial charge in [-0.05, 0) is 59.5 Å². The third-order valence-corrected chi connectivity index (χ3v) is 3.45. The quantitative estimate of drug-likeness (QED) is 0.211. The van der Waals surface area contributed by atoms with Crippen LogP contribution in [0.3, 0.4) is 0 Å². The van der Waals surface area contributed by atoms with Gasteiger partial charge in [0.2, 0.25) is 0 Å². The molecule has 166 valence electrons. The first kappa shape index (κ1) is 27.4. The fourth-order valence-electron chi connectivity index (χ4n) is 2.36. The van der Waals surface area contributed by atoms with Crippen molar-refractivity contribution in [3.63, 3.8) is 0 Å². The Morgan fingerprint density at radius 1 is 1.17 bits per heavy atom. The zero-order chi connectivity index (χ0) is 21.2. The summed E-state index contributed by atoms with van der Waals surface area (Å²) in [6, 6.07) is 5.06. The molecule has 0 bridgehead atoms. The summed E-state index contributed by atoms with van der Waals surface area (Å²) in [6.45, 7) is 10.0. The van der Waals surface area contributed by atoms with Crippen molar-refractivity contribution < 1.29 is 13.9 Å². The Kier molecular flexibility index (Phi) is 12.8. The maximum atomic E-state index is 13.9. The Morgan fingerprint density at radius 3 is 2.41 bits per heavy atom. The van der Waals surface area contributed by atoms with Crippen molar-refractivity contribution in [1.29, 1.82) is 0 Å². The molecule has 0 heterocycles. The van der Waals surface area contributed by atoms with Crippen molar-refractivity contribution >= 4 is 36.0 Å². The van der Waals surface area contributed by atoms with Crippen LogP contribution < -0.4 is 16.0 Å². The van der Waals surface area contributed by atoms with Crippen molar-refractivity contribution in [2.75, 3.05) is 33.7 Å². The molecule has 0 atom stereocenters. The molecular formula is C20H35FIN5O2. The summed E-state index contributed by atoms with van der Waals surface area (Å²) >= 11 is 0. The van der Waals surface area contributed by atoms with Gasteiger partial charge in [0, 0.05) is 31.7 Å². The Labute approximate surface area is 190 Å². The van der Waals surface area contributed by atoms with Crippen LogP contribution in [-0.2, 0) is 17.8 Å². The molecule has 1 amide bonds. The predicted octanol–water partition coefficient (Wildman–Crippen LogP) is 3.09. The zero-order valence-corrected chi connectivity index (χ0v) is 20.6. The predicted molar refractivity (Wildman–Crippen MR) is 126 cm³/mol. The standard InChI is InChI=1S/C20H34FN5O2.HI/c1-7-22-18(23-10-11-24-19(27)28-20(2,3)4)25-13-15-8-9-17(21)16(12-15)14-26(5)6;/h8-9,12H,7,10-11,13-14H2,1-6H3,(H,24,27)(H2,22,23,25);1H. The van der Waals surface area contributed by atoms with Crippen LogP contribution in [0, 0.1) is 5.82 Å². The monoisotopic (exact) mass is 523 g/mol. The highest BCUT2D eigenvalue weighted by atomic mass is 127. The maximum Gasteiger partial charge on any atom is 0.407 e. The minimum atomic E-state index is -0.519. The summed E-state index contributed by atoms with van der Waals surface area (Å²) in [5, 5.41) is 8.99. The lowest BCUT2D eigenvalue weighted by atomic mass is 10.1. The van der Waals surface area contributed by atoms with Gasteiger partial charge in [0.15, 0.2) is 5.96 Å². The van der Waals surface area contributed by atoms with Crippen molar-refractivity contribution in [3.8, 4) is 0 Å². The van der Waals surface area contributed by atoms with Gasteiger partial charge in [-0.1, -0.05) is 6.07 Å². The number of carbonyl (C=O) groups excluding carboxylic acids is 1. The van der Waals surface area contributed by atoms with E-state index < -0.39 is 11.7 Å². The molecule has 0 fully saturated rings. The number of ether oxygens (including phenoxy) is 1. The number of guanidine groups is 1. The van der Waals surface area contributed by atoms with Crippen LogP contribution in [-0.4, -0.2) is 56.3 Å². The minimum absolute atomic E-state index is 0. The van der Waals surface area contributed by atoms with E-state index in [1.165, 1.54) is 6.07 Å². The van der Waals surface area contributed by atoms with E-state index in [4.69, 9.17) is 4.74 Å². The Hall–Kier alpha value is -1.62. The molecule has 1 aromatic rings. The average Bonchev–Trinajstić information content (AvgIpc) is 2.57. The summed E-state index contributed by atoms with van der Waals surface area (Å²) in [5.41, 5.74) is 1.06. The Morgan fingerprint density at radius 2 is 1.83 bits per heavy atom. The van der Waals surface area contributed by atoms with Crippen molar-refractivity contribution in [1.82, 2.24) is 20.9 Å². The first-order chi connectivity index (χ1) is 13.1. The topological polar surface area (TPSA) is 78.0 Å². The van der Waals surface area contributed by atoms with Crippen LogP contribution in [0.25, 0.3) is 0 Å². The molecular weight excluding hydrogens is 488 g/mol. The molecule has 3 N–H and O–H groups in total. The number of aliphatic imine (C=N–C) groups is 1. The molecule has 1 aromatic carbocycles. The largest absolute Gasteiger partial charge is 0.444 e. The number of halogens is 2. The second-order valence-corrected chi connectivity index (χ2v) is 7.71. The van der Waals surface area contributed by atoms with Gasteiger partial charge in [0.1, 0.15) is 11.4 Å². The molecule has 0 aliphatic carbocycles. The summed E-state index contributed by atoms with van der Waals surface area (Å²) in [5.74, 6) is 0.423. The molecule has 0 radical (unpaired) electrons. The van der Waals surface area contributed by atoms with Crippen LogP contribution in [0.4, 0.5) is 9.18 Å². The van der Waals surface area contributed by atoms with Gasteiger partial charge in [-0.15, -0.1) is 24.0 Å². The maximum absolute atomic E-state index is 13.9. The second kappa shape index (κ2) is 13.6. The number of nitrogens with one attached hydrogen (secondary N) is 3. The number of alkyl carbamates (subject to hydrolysis) is 1. The number of carbonyl (C=O) groups is 1. The number of hydrogen-bond acceptors (Lipinski definition) is 4. The van der Waals surface area contributed by atoms with Crippen LogP contribution in [0.1, 0.15) is 38.8 Å². The van der Waals surface area contributed by atoms with Crippen LogP contribution in [0.15, 0.2) is 23.2 Å². The SMILES string of the molecule is CCNC(=NCc1ccc(F)c(CN(C)C)c1)NCCNC(=O)OC(C)(C)C.I. The van der Waals surface area contributed by atoms with E-state index >= 15 is 0 Å². The molecule has 1 rings (SSSR count). The highest BCUT2D eigenvalue weighted by molar-refractivity contribution is 14.0. The fourth-order valence-corrected chi connectivity index (χ4v) is 2.36. The van der Waals surface area contributed by atoms with Gasteiger partial charge in [0.05, 0.1) is 6.54 Å². The van der Waals surface area contributed by atoms with Crippen LogP contribution >= 0.6 is 24.0 Å². The highest BCUT2D eigenvalue weighted by Crippen LogP contribution is 2.13. The van der Waals surface area contributed by atoms with E-state index in [1.54, 1.807) is 6.07 Å². The number of rotatable bonds is 8. The van der Waals surface area contributed by atoms with Gasteiger partial charge in [0.25, 0.3) is 0 Å². The van der Waals surface area contributed by atoms with Gasteiger partial charge in [-0.2, -0.15) is 0 Å². The smallest absolute Gasteiger partial charge is 0.407 e. The second-order valence-electron chi connectivity index (χ2n) is 7.71. The first-order valence-corrected chi connectivity index (χ1v) is 9.51. The molecule has 0 saturated carbocycles. The van der Waals surface area contributed by atoms with Gasteiger partial charge >= 0.3 is 6.09 Å². The summed E-state index contributed by atoms with van der Waals surface area (Å²) in [7, 11) is 3.81. The van der Waals surface area contributed by atoms with Crippen LogP contribution in [0.2, 0.25) is 0 Å². The average molecular weight is 523 g/mol. The third-order valence-electron chi connectivity index (χ3n) is 3.45. The number of amides is 1. The molecule has 29 heavy (non-hydrogen) atoms. The molecule has 0 spiro atoms. The lowest BCUT2D eigenvalue weighted by Gasteiger charge is -2.20. The summed E-state index contributed by atoms with van der Waals surface area (Å²) in [4.78, 5) is 18.1. The van der Waals surface area contributed by atoms with Crippen molar-refractivity contribution in [2.24, 2.45) is 4.99 Å². The van der Waals surface area contributed by atoms with Gasteiger partial charge in [-0.3, -0.25) is 0 Å². The number of nitrogens with zero attached hydrogens (tertiary/aromatic N) is 2. The van der Waals surface area contributed by atoms with E-state index in [0.29, 0.717) is 44.2 Å². The summed E-state index contributed by atoms with van der Waals surface area (Å²) < 4.78 is 19.1. The van der Waals surface area contributed by atoms with Gasteiger partial charge in [-0.25, -0.2) is 14.2 Å². The summed E-state index contributed by atoms with van der Waals surface area (Å²) in [6.07, 6.45) is -0.448. The first-order valence-electron chi connectivity index (χ1n) is 9.51. The third kappa shape index (κ3) is 12.5. The van der Waals surface area contributed by atoms with Gasteiger partial charge < -0.3 is 25.6 Å². The molecule has 0 unspecified atom stereocenters. The Balaban J connectivity index is 0.00000784. The molecule has 0 aliphatic heterocycles. The van der Waals surface area contributed by atoms with E-state index in [0.717, 1.165) is 5.56 Å². The van der Waals surface area contributed by atoms with E-state index in [-0.39, 0.29) is 29.8 Å². The highest BCUT2D eigenvalue weighted by Gasteiger charge is 2.15. The lowest BCUT2D eigenvalue weighted by molar-refractivity contribution is 0.0529. The van der Waals surface area contributed by atoms with Crippen molar-refractivity contribution in [3.05, 3.63) is 35.1 Å². The van der Waals surface area contributed by atoms with Crippen LogP contribution in [0.5, 0.6) is 0 Å². The molecule has 0 aliphatic rings. The fraction of sp³-hybridized carbons (Fsp3) is 0.600. The number of hydrogen-bond donors (Lipinski definition) is 3. The molecule has 9 heteroatoms. The van der Waals surface area contributed by atoms with E-state index in [2.05, 4.69) is 20.9 Å². The normalized spacial score (nSPS) is 11.7. The minimum Gasteiger partial charge on any atom is -0.444 e. The lowest BCUT2D eigenvalue weighted by Crippen LogP contribution is -2.42. The molecule has 0 aromatic heterocycles. The van der Waals surface area contributed by atoms with Crippen molar-refractivity contribution in [2.45, 2.75) is 46.4 Å².